The standard InChI is InChI=1S/C18H22N2O4/c1-11-6-15(21)19(17(11)23)9-13-4-3-5-14(8-13)10-20-16(22)7-12(2)18(20)24/h6-7,13-14H,3-5,8-10H2,1-2H3. The van der Waals surface area contributed by atoms with Gasteiger partial charge in [0.1, 0.15) is 0 Å². The molecule has 6 heteroatoms. The molecule has 0 aromatic carbocycles. The molecule has 6 nitrogen and oxygen atoms in total. The topological polar surface area (TPSA) is 74.8 Å². The van der Waals surface area contributed by atoms with Gasteiger partial charge in [0.25, 0.3) is 23.6 Å². The Bertz CT molecular complexity index is 621. The quantitative estimate of drug-likeness (QED) is 0.731. The average molecular weight is 330 g/mol. The van der Waals surface area contributed by atoms with Crippen molar-refractivity contribution in [2.75, 3.05) is 13.1 Å². The normalized spacial score (nSPS) is 27.9. The van der Waals surface area contributed by atoms with Crippen LogP contribution in [0.15, 0.2) is 23.3 Å². The van der Waals surface area contributed by atoms with E-state index in [1.807, 2.05) is 0 Å². The zero-order valence-electron chi connectivity index (χ0n) is 14.1. The third-order valence-corrected chi connectivity index (χ3v) is 5.15. The van der Waals surface area contributed by atoms with Crippen LogP contribution in [0.4, 0.5) is 0 Å². The molecule has 1 saturated carbocycles. The van der Waals surface area contributed by atoms with Crippen LogP contribution in [-0.4, -0.2) is 46.5 Å². The van der Waals surface area contributed by atoms with E-state index in [0.717, 1.165) is 25.7 Å². The van der Waals surface area contributed by atoms with E-state index >= 15 is 0 Å². The van der Waals surface area contributed by atoms with Gasteiger partial charge in [-0.05, 0) is 44.9 Å². The molecule has 0 radical (unpaired) electrons. The van der Waals surface area contributed by atoms with Crippen molar-refractivity contribution in [3.05, 3.63) is 23.3 Å². The molecule has 0 aromatic rings. The molecule has 0 saturated heterocycles. The summed E-state index contributed by atoms with van der Waals surface area (Å²) in [6, 6.07) is 0. The van der Waals surface area contributed by atoms with E-state index in [9.17, 15) is 19.2 Å². The molecule has 2 heterocycles. The Morgan fingerprint density at radius 1 is 0.833 bits per heavy atom. The van der Waals surface area contributed by atoms with Gasteiger partial charge in [0.05, 0.1) is 0 Å². The maximum absolute atomic E-state index is 12.0. The van der Waals surface area contributed by atoms with Gasteiger partial charge in [-0.3, -0.25) is 29.0 Å². The van der Waals surface area contributed by atoms with Crippen LogP contribution in [0.3, 0.4) is 0 Å². The Hall–Kier alpha value is -2.24. The number of nitrogens with zero attached hydrogens (tertiary/aromatic N) is 2. The fraction of sp³-hybridized carbons (Fsp3) is 0.556. The lowest BCUT2D eigenvalue weighted by Crippen LogP contribution is -2.40. The smallest absolute Gasteiger partial charge is 0.256 e. The van der Waals surface area contributed by atoms with E-state index < -0.39 is 0 Å². The van der Waals surface area contributed by atoms with Crippen molar-refractivity contribution in [2.45, 2.75) is 39.5 Å². The highest BCUT2D eigenvalue weighted by Crippen LogP contribution is 2.32. The maximum atomic E-state index is 12.0. The Morgan fingerprint density at radius 2 is 1.25 bits per heavy atom. The first-order valence-corrected chi connectivity index (χ1v) is 8.45. The maximum Gasteiger partial charge on any atom is 0.256 e. The van der Waals surface area contributed by atoms with Crippen molar-refractivity contribution in [1.29, 1.82) is 0 Å². The highest BCUT2D eigenvalue weighted by Gasteiger charge is 2.35. The van der Waals surface area contributed by atoms with E-state index in [-0.39, 0.29) is 35.5 Å². The second kappa shape index (κ2) is 6.34. The van der Waals surface area contributed by atoms with Gasteiger partial charge in [0, 0.05) is 36.4 Å². The summed E-state index contributed by atoms with van der Waals surface area (Å²) in [5.74, 6) is -0.400. The summed E-state index contributed by atoms with van der Waals surface area (Å²) in [4.78, 5) is 50.4. The molecule has 1 aliphatic carbocycles. The second-order valence-corrected chi connectivity index (χ2v) is 7.06. The summed E-state index contributed by atoms with van der Waals surface area (Å²) in [5, 5.41) is 0. The lowest BCUT2D eigenvalue weighted by Gasteiger charge is -2.33. The minimum atomic E-state index is -0.232. The number of rotatable bonds is 4. The molecule has 24 heavy (non-hydrogen) atoms. The van der Waals surface area contributed by atoms with Crippen LogP contribution in [0.25, 0.3) is 0 Å². The van der Waals surface area contributed by atoms with Crippen LogP contribution in [0.5, 0.6) is 0 Å². The molecule has 0 aromatic heterocycles. The highest BCUT2D eigenvalue weighted by atomic mass is 16.2. The second-order valence-electron chi connectivity index (χ2n) is 7.06. The monoisotopic (exact) mass is 330 g/mol. The summed E-state index contributed by atoms with van der Waals surface area (Å²) in [6.45, 7) is 4.18. The molecule has 4 amide bonds. The van der Waals surface area contributed by atoms with Crippen LogP contribution >= 0.6 is 0 Å². The van der Waals surface area contributed by atoms with Gasteiger partial charge >= 0.3 is 0 Å². The summed E-state index contributed by atoms with van der Waals surface area (Å²) >= 11 is 0. The number of hydrogen-bond acceptors (Lipinski definition) is 4. The third kappa shape index (κ3) is 3.05. The molecule has 2 unspecified atom stereocenters. The molecule has 0 spiro atoms. The Kier molecular flexibility index (Phi) is 4.39. The number of amides is 4. The van der Waals surface area contributed by atoms with Crippen LogP contribution in [0, 0.1) is 11.8 Å². The number of hydrogen-bond donors (Lipinski definition) is 0. The van der Waals surface area contributed by atoms with Crippen molar-refractivity contribution in [3.8, 4) is 0 Å². The molecule has 3 aliphatic rings. The van der Waals surface area contributed by atoms with Crippen molar-refractivity contribution < 1.29 is 19.2 Å². The Morgan fingerprint density at radius 3 is 1.58 bits per heavy atom. The minimum absolute atomic E-state index is 0.202. The van der Waals surface area contributed by atoms with Gasteiger partial charge in [-0.15, -0.1) is 0 Å². The summed E-state index contributed by atoms with van der Waals surface area (Å²) < 4.78 is 0. The van der Waals surface area contributed by atoms with Crippen LogP contribution in [0.2, 0.25) is 0 Å². The Balaban J connectivity index is 1.58. The molecule has 3 rings (SSSR count). The largest absolute Gasteiger partial charge is 0.275 e. The number of carbonyl (C=O) groups is 4. The van der Waals surface area contributed by atoms with Gasteiger partial charge in [0.15, 0.2) is 0 Å². The van der Waals surface area contributed by atoms with Crippen molar-refractivity contribution in [1.82, 2.24) is 9.80 Å². The number of imide groups is 2. The lowest BCUT2D eigenvalue weighted by molar-refractivity contribution is -0.138. The zero-order chi connectivity index (χ0) is 17.4. The van der Waals surface area contributed by atoms with Gasteiger partial charge in [-0.25, -0.2) is 0 Å². The molecular weight excluding hydrogens is 308 g/mol. The van der Waals surface area contributed by atoms with Crippen molar-refractivity contribution >= 4 is 23.6 Å². The molecule has 128 valence electrons. The van der Waals surface area contributed by atoms with Gasteiger partial charge < -0.3 is 0 Å². The fourth-order valence-electron chi connectivity index (χ4n) is 3.87. The number of carbonyl (C=O) groups excluding carboxylic acids is 4. The first-order chi connectivity index (χ1) is 11.4. The van der Waals surface area contributed by atoms with Crippen LogP contribution in [0.1, 0.15) is 39.5 Å². The molecule has 2 atom stereocenters. The Labute approximate surface area is 141 Å². The van der Waals surface area contributed by atoms with E-state index in [4.69, 9.17) is 0 Å². The predicted molar refractivity (Wildman–Crippen MR) is 86.4 cm³/mol. The highest BCUT2D eigenvalue weighted by molar-refractivity contribution is 6.16. The molecule has 0 N–H and O–H groups in total. The lowest BCUT2D eigenvalue weighted by atomic mass is 9.81. The average Bonchev–Trinajstić information content (AvgIpc) is 2.91. The minimum Gasteiger partial charge on any atom is -0.275 e. The third-order valence-electron chi connectivity index (χ3n) is 5.15. The van der Waals surface area contributed by atoms with E-state index in [1.165, 1.54) is 22.0 Å². The van der Waals surface area contributed by atoms with Crippen LogP contribution in [-0.2, 0) is 19.2 Å². The summed E-state index contributed by atoms with van der Waals surface area (Å²) in [5.41, 5.74) is 0.976. The van der Waals surface area contributed by atoms with Gasteiger partial charge in [-0.2, -0.15) is 0 Å². The summed E-state index contributed by atoms with van der Waals surface area (Å²) in [7, 11) is 0. The van der Waals surface area contributed by atoms with Crippen LogP contribution < -0.4 is 0 Å². The van der Waals surface area contributed by atoms with E-state index in [2.05, 4.69) is 0 Å². The molecule has 0 bridgehead atoms. The van der Waals surface area contributed by atoms with Gasteiger partial charge in [-0.1, -0.05) is 6.42 Å². The first-order valence-electron chi connectivity index (χ1n) is 8.45. The SMILES string of the molecule is CC1=CC(=O)N(CC2CCCC(CN3C(=O)C=C(C)C3=O)C2)C1=O. The first kappa shape index (κ1) is 16.6. The fourth-order valence-corrected chi connectivity index (χ4v) is 3.87. The van der Waals surface area contributed by atoms with Gasteiger partial charge in [0.2, 0.25) is 0 Å². The molecule has 2 aliphatic heterocycles. The zero-order valence-corrected chi connectivity index (χ0v) is 14.1. The van der Waals surface area contributed by atoms with Crippen molar-refractivity contribution in [3.63, 3.8) is 0 Å². The predicted octanol–water partition coefficient (Wildman–Crippen LogP) is 1.42. The molecule has 1 fully saturated rings. The van der Waals surface area contributed by atoms with E-state index in [0.29, 0.717) is 24.2 Å². The molecular formula is C18H22N2O4. The van der Waals surface area contributed by atoms with Crippen molar-refractivity contribution in [2.24, 2.45) is 11.8 Å². The van der Waals surface area contributed by atoms with E-state index in [1.54, 1.807) is 13.8 Å². The summed E-state index contributed by atoms with van der Waals surface area (Å²) in [6.07, 6.45) is 6.52.